The van der Waals surface area contributed by atoms with Crippen LogP contribution in [0.25, 0.3) is 32.3 Å². The Hall–Kier alpha value is -3.27. The Morgan fingerprint density at radius 1 is 0.760 bits per heavy atom. The summed E-state index contributed by atoms with van der Waals surface area (Å²) in [5.74, 6) is 0.159. The minimum absolute atomic E-state index is 0.188. The van der Waals surface area contributed by atoms with Crippen LogP contribution in [0.5, 0.6) is 11.5 Å². The third-order valence-electron chi connectivity index (χ3n) is 4.53. The third kappa shape index (κ3) is 2.43. The SMILES string of the molecule is COc1ccc2cc3cc4ccc(OC)c(C(=O)O)c4cc3cc2c1. The molecule has 124 valence electrons. The quantitative estimate of drug-likeness (QED) is 0.544. The molecule has 0 aromatic heterocycles. The minimum atomic E-state index is -0.996. The van der Waals surface area contributed by atoms with Crippen molar-refractivity contribution in [2.24, 2.45) is 0 Å². The second-order valence-corrected chi connectivity index (χ2v) is 5.93. The molecule has 0 heterocycles. The Labute approximate surface area is 144 Å². The van der Waals surface area contributed by atoms with Crippen LogP contribution in [0.2, 0.25) is 0 Å². The van der Waals surface area contributed by atoms with Gasteiger partial charge in [0.05, 0.1) is 14.2 Å². The molecule has 0 spiro atoms. The molecule has 0 saturated heterocycles. The van der Waals surface area contributed by atoms with Gasteiger partial charge in [-0.25, -0.2) is 4.79 Å². The molecule has 4 nitrogen and oxygen atoms in total. The molecular formula is C21H16O4. The van der Waals surface area contributed by atoms with Crippen molar-refractivity contribution in [2.45, 2.75) is 0 Å². The summed E-state index contributed by atoms with van der Waals surface area (Å²) in [7, 11) is 3.12. The van der Waals surface area contributed by atoms with E-state index in [4.69, 9.17) is 9.47 Å². The van der Waals surface area contributed by atoms with Crippen LogP contribution in [0.1, 0.15) is 10.4 Å². The number of carboxylic acid groups (broad SMARTS) is 1. The lowest BCUT2D eigenvalue weighted by Crippen LogP contribution is -2.01. The lowest BCUT2D eigenvalue weighted by atomic mass is 9.96. The fraction of sp³-hybridized carbons (Fsp3) is 0.0952. The maximum Gasteiger partial charge on any atom is 0.340 e. The zero-order valence-electron chi connectivity index (χ0n) is 13.9. The Bertz CT molecular complexity index is 1150. The average Bonchev–Trinajstić information content (AvgIpc) is 2.62. The zero-order valence-corrected chi connectivity index (χ0v) is 13.9. The first-order chi connectivity index (χ1) is 12.1. The fourth-order valence-corrected chi connectivity index (χ4v) is 3.30. The molecule has 0 atom stereocenters. The first kappa shape index (κ1) is 15.3. The lowest BCUT2D eigenvalue weighted by Gasteiger charge is -2.11. The summed E-state index contributed by atoms with van der Waals surface area (Å²) in [6.45, 7) is 0. The van der Waals surface area contributed by atoms with Crippen LogP contribution < -0.4 is 9.47 Å². The topological polar surface area (TPSA) is 55.8 Å². The summed E-state index contributed by atoms with van der Waals surface area (Å²) in [5, 5.41) is 15.3. The van der Waals surface area contributed by atoms with E-state index in [9.17, 15) is 9.90 Å². The standard InChI is InChI=1S/C21H16O4/c1-24-17-5-3-12-7-14-8-13-4-6-19(25-2)20(21(22)23)18(13)11-16(14)9-15(12)10-17/h3-11H,1-2H3,(H,22,23). The second kappa shape index (κ2) is 5.67. The largest absolute Gasteiger partial charge is 0.497 e. The van der Waals surface area contributed by atoms with Crippen molar-refractivity contribution < 1.29 is 19.4 Å². The molecule has 4 heteroatoms. The molecule has 0 amide bonds. The molecule has 0 aliphatic heterocycles. The number of fused-ring (bicyclic) bond motifs is 3. The summed E-state index contributed by atoms with van der Waals surface area (Å²) in [6, 6.07) is 17.6. The van der Waals surface area contributed by atoms with Gasteiger partial charge in [-0.2, -0.15) is 0 Å². The molecule has 0 unspecified atom stereocenters. The molecule has 4 rings (SSSR count). The highest BCUT2D eigenvalue weighted by Gasteiger charge is 2.16. The molecule has 0 aliphatic carbocycles. The van der Waals surface area contributed by atoms with Gasteiger partial charge >= 0.3 is 5.97 Å². The maximum absolute atomic E-state index is 11.7. The first-order valence-electron chi connectivity index (χ1n) is 7.86. The van der Waals surface area contributed by atoms with Gasteiger partial charge in [-0.3, -0.25) is 0 Å². The van der Waals surface area contributed by atoms with Gasteiger partial charge in [-0.1, -0.05) is 12.1 Å². The van der Waals surface area contributed by atoms with Gasteiger partial charge in [0.15, 0.2) is 0 Å². The van der Waals surface area contributed by atoms with E-state index in [1.165, 1.54) is 7.11 Å². The fourth-order valence-electron chi connectivity index (χ4n) is 3.30. The van der Waals surface area contributed by atoms with E-state index in [1.807, 2.05) is 36.4 Å². The van der Waals surface area contributed by atoms with Crippen molar-refractivity contribution in [1.29, 1.82) is 0 Å². The minimum Gasteiger partial charge on any atom is -0.497 e. The van der Waals surface area contributed by atoms with Gasteiger partial charge in [-0.05, 0) is 69.4 Å². The number of carbonyl (C=O) groups is 1. The third-order valence-corrected chi connectivity index (χ3v) is 4.53. The first-order valence-corrected chi connectivity index (χ1v) is 7.86. The average molecular weight is 332 g/mol. The molecule has 0 aliphatic rings. The smallest absolute Gasteiger partial charge is 0.340 e. The van der Waals surface area contributed by atoms with Gasteiger partial charge in [0, 0.05) is 5.39 Å². The van der Waals surface area contributed by atoms with Crippen LogP contribution in [0, 0.1) is 0 Å². The van der Waals surface area contributed by atoms with Crippen LogP contribution in [0.4, 0.5) is 0 Å². The van der Waals surface area contributed by atoms with E-state index in [1.54, 1.807) is 13.2 Å². The highest BCUT2D eigenvalue weighted by atomic mass is 16.5. The maximum atomic E-state index is 11.7. The van der Waals surface area contributed by atoms with Gasteiger partial charge in [-0.15, -0.1) is 0 Å². The molecular weight excluding hydrogens is 316 g/mol. The van der Waals surface area contributed by atoms with Crippen molar-refractivity contribution in [3.8, 4) is 11.5 Å². The number of methoxy groups -OCH3 is 2. The Morgan fingerprint density at radius 3 is 2.12 bits per heavy atom. The van der Waals surface area contributed by atoms with Gasteiger partial charge in [0.25, 0.3) is 0 Å². The zero-order chi connectivity index (χ0) is 17.6. The second-order valence-electron chi connectivity index (χ2n) is 5.93. The normalized spacial score (nSPS) is 11.1. The predicted octanol–water partition coefficient (Wildman–Crippen LogP) is 4.86. The highest BCUT2D eigenvalue weighted by Crippen LogP contribution is 2.33. The number of benzene rings is 4. The summed E-state index contributed by atoms with van der Waals surface area (Å²) < 4.78 is 10.5. The number of rotatable bonds is 3. The number of hydrogen-bond donors (Lipinski definition) is 1. The van der Waals surface area contributed by atoms with Crippen LogP contribution in [-0.4, -0.2) is 25.3 Å². The van der Waals surface area contributed by atoms with Crippen molar-refractivity contribution in [3.63, 3.8) is 0 Å². The number of carboxylic acids is 1. The van der Waals surface area contributed by atoms with E-state index >= 15 is 0 Å². The Balaban J connectivity index is 2.08. The van der Waals surface area contributed by atoms with Gasteiger partial charge in [0.1, 0.15) is 17.1 Å². The summed E-state index contributed by atoms with van der Waals surface area (Å²) in [6.07, 6.45) is 0. The molecule has 4 aromatic rings. The Kier molecular flexibility index (Phi) is 3.46. The van der Waals surface area contributed by atoms with Crippen molar-refractivity contribution in [3.05, 3.63) is 60.2 Å². The molecule has 0 saturated carbocycles. The summed E-state index contributed by atoms with van der Waals surface area (Å²) >= 11 is 0. The van der Waals surface area contributed by atoms with Crippen molar-refractivity contribution in [2.75, 3.05) is 14.2 Å². The van der Waals surface area contributed by atoms with Crippen LogP contribution in [0.15, 0.2) is 54.6 Å². The van der Waals surface area contributed by atoms with Crippen LogP contribution in [0.3, 0.4) is 0 Å². The molecule has 25 heavy (non-hydrogen) atoms. The van der Waals surface area contributed by atoms with Gasteiger partial charge < -0.3 is 14.6 Å². The van der Waals surface area contributed by atoms with Crippen LogP contribution in [-0.2, 0) is 0 Å². The highest BCUT2D eigenvalue weighted by molar-refractivity contribution is 6.12. The van der Waals surface area contributed by atoms with Gasteiger partial charge in [0.2, 0.25) is 0 Å². The predicted molar refractivity (Wildman–Crippen MR) is 99.0 cm³/mol. The molecule has 0 bridgehead atoms. The molecule has 0 radical (unpaired) electrons. The molecule has 4 aromatic carbocycles. The Morgan fingerprint density at radius 2 is 1.40 bits per heavy atom. The summed E-state index contributed by atoms with van der Waals surface area (Å²) in [4.78, 5) is 11.7. The molecule has 0 fully saturated rings. The number of hydrogen-bond acceptors (Lipinski definition) is 3. The number of aromatic carboxylic acids is 1. The van der Waals surface area contributed by atoms with E-state index in [2.05, 4.69) is 12.1 Å². The number of ether oxygens (including phenoxy) is 2. The molecule has 1 N–H and O–H groups in total. The van der Waals surface area contributed by atoms with E-state index in [0.717, 1.165) is 32.7 Å². The van der Waals surface area contributed by atoms with E-state index < -0.39 is 5.97 Å². The van der Waals surface area contributed by atoms with E-state index in [0.29, 0.717) is 11.1 Å². The van der Waals surface area contributed by atoms with E-state index in [-0.39, 0.29) is 5.56 Å². The van der Waals surface area contributed by atoms with Crippen molar-refractivity contribution in [1.82, 2.24) is 0 Å². The van der Waals surface area contributed by atoms with Crippen LogP contribution >= 0.6 is 0 Å². The monoisotopic (exact) mass is 332 g/mol. The lowest BCUT2D eigenvalue weighted by molar-refractivity contribution is 0.0695. The summed E-state index contributed by atoms with van der Waals surface area (Å²) in [5.41, 5.74) is 0.188. The van der Waals surface area contributed by atoms with Crippen molar-refractivity contribution >= 4 is 38.3 Å².